The number of rotatable bonds is 10. The van der Waals surface area contributed by atoms with E-state index < -0.39 is 0 Å². The van der Waals surface area contributed by atoms with Crippen molar-refractivity contribution in [2.24, 2.45) is 0 Å². The van der Waals surface area contributed by atoms with E-state index in [-0.39, 0.29) is 36.7 Å². The van der Waals surface area contributed by atoms with Crippen molar-refractivity contribution >= 4 is 35.1 Å². The van der Waals surface area contributed by atoms with Gasteiger partial charge in [-0.15, -0.1) is 4.57 Å². The number of carbonyl (C=O) groups excluding carboxylic acids is 4. The summed E-state index contributed by atoms with van der Waals surface area (Å²) in [5, 5.41) is 5.32. The average molecular weight is 428 g/mol. The predicted octanol–water partition coefficient (Wildman–Crippen LogP) is 1.62. The molecule has 9 nitrogen and oxygen atoms in total. The Bertz CT molecular complexity index is 911. The molecule has 2 N–H and O–H groups in total. The van der Waals surface area contributed by atoms with E-state index in [4.69, 9.17) is 4.74 Å². The van der Waals surface area contributed by atoms with Gasteiger partial charge in [-0.2, -0.15) is 0 Å². The molecular weight excluding hydrogens is 400 g/mol. The highest BCUT2D eigenvalue weighted by atomic mass is 16.5. The molecule has 0 aliphatic heterocycles. The third kappa shape index (κ3) is 9.16. The minimum atomic E-state index is -0.298. The smallest absolute Gasteiger partial charge is 0.392 e. The lowest BCUT2D eigenvalue weighted by Gasteiger charge is -2.04. The van der Waals surface area contributed by atoms with E-state index in [0.29, 0.717) is 37.2 Å². The molecule has 0 aromatic carbocycles. The van der Waals surface area contributed by atoms with Crippen LogP contribution >= 0.6 is 0 Å². The Morgan fingerprint density at radius 1 is 0.806 bits per heavy atom. The molecular formula is C22H28N4O5+2. The number of unbranched alkanes of at least 4 members (excludes halogenated alkanes) is 1. The molecule has 31 heavy (non-hydrogen) atoms. The zero-order chi connectivity index (χ0) is 22.6. The molecule has 0 radical (unpaired) electrons. The number of ether oxygens (including phenoxy) is 1. The monoisotopic (exact) mass is 428 g/mol. The molecule has 2 amide bonds. The van der Waals surface area contributed by atoms with Crippen molar-refractivity contribution in [3.8, 4) is 0 Å². The van der Waals surface area contributed by atoms with Gasteiger partial charge in [0.05, 0.1) is 24.4 Å². The van der Waals surface area contributed by atoms with Crippen LogP contribution in [0.5, 0.6) is 0 Å². The van der Waals surface area contributed by atoms with Crippen LogP contribution in [0.1, 0.15) is 44.3 Å². The number of amides is 2. The molecule has 0 bridgehead atoms. The second kappa shape index (κ2) is 12.2. The second-order valence-corrected chi connectivity index (χ2v) is 7.00. The summed E-state index contributed by atoms with van der Waals surface area (Å²) >= 11 is 0. The van der Waals surface area contributed by atoms with Crippen LogP contribution in [-0.4, -0.2) is 30.3 Å². The van der Waals surface area contributed by atoms with E-state index >= 15 is 0 Å². The molecule has 0 unspecified atom stereocenters. The SMILES string of the molecule is CC(=O)Nc1cc[n+](CCC(=O)OCCCCC(=O)[n+]2ccc(NC(C)=O)cc2)cc1. The summed E-state index contributed by atoms with van der Waals surface area (Å²) in [6.45, 7) is 3.61. The quantitative estimate of drug-likeness (QED) is 0.340. The summed E-state index contributed by atoms with van der Waals surface area (Å²) < 4.78 is 8.51. The van der Waals surface area contributed by atoms with Crippen LogP contribution in [0.3, 0.4) is 0 Å². The van der Waals surface area contributed by atoms with Crippen LogP contribution in [0.4, 0.5) is 11.4 Å². The van der Waals surface area contributed by atoms with Crippen LogP contribution in [0.15, 0.2) is 49.1 Å². The van der Waals surface area contributed by atoms with Gasteiger partial charge in [-0.3, -0.25) is 14.4 Å². The summed E-state index contributed by atoms with van der Waals surface area (Å²) in [5.74, 6) is -0.675. The highest BCUT2D eigenvalue weighted by Gasteiger charge is 2.14. The molecule has 0 aliphatic carbocycles. The van der Waals surface area contributed by atoms with Gasteiger partial charge in [0.1, 0.15) is 6.42 Å². The zero-order valence-corrected chi connectivity index (χ0v) is 17.8. The van der Waals surface area contributed by atoms with E-state index in [1.54, 1.807) is 49.1 Å². The van der Waals surface area contributed by atoms with Crippen molar-refractivity contribution in [3.63, 3.8) is 0 Å². The van der Waals surface area contributed by atoms with E-state index in [2.05, 4.69) is 10.6 Å². The summed E-state index contributed by atoms with van der Waals surface area (Å²) in [5.41, 5.74) is 1.33. The van der Waals surface area contributed by atoms with Gasteiger partial charge in [0.2, 0.25) is 11.8 Å². The minimum Gasteiger partial charge on any atom is -0.465 e. The fourth-order valence-corrected chi connectivity index (χ4v) is 2.76. The van der Waals surface area contributed by atoms with Crippen LogP contribution < -0.4 is 19.8 Å². The van der Waals surface area contributed by atoms with Gasteiger partial charge in [0, 0.05) is 38.1 Å². The molecule has 2 aromatic rings. The molecule has 0 fully saturated rings. The number of anilines is 2. The van der Waals surface area contributed by atoms with E-state index in [1.807, 2.05) is 4.57 Å². The normalized spacial score (nSPS) is 10.3. The fraction of sp³-hybridized carbons (Fsp3) is 0.364. The Hall–Kier alpha value is -3.62. The molecule has 0 saturated carbocycles. The molecule has 164 valence electrons. The first-order chi connectivity index (χ1) is 14.8. The third-order valence-electron chi connectivity index (χ3n) is 4.27. The predicted molar refractivity (Wildman–Crippen MR) is 112 cm³/mol. The number of nitrogens with zero attached hydrogens (tertiary/aromatic N) is 2. The first-order valence-corrected chi connectivity index (χ1v) is 10.1. The lowest BCUT2D eigenvalue weighted by molar-refractivity contribution is -0.695. The van der Waals surface area contributed by atoms with E-state index in [0.717, 1.165) is 0 Å². The first-order valence-electron chi connectivity index (χ1n) is 10.1. The highest BCUT2D eigenvalue weighted by molar-refractivity contribution is 5.88. The fourth-order valence-electron chi connectivity index (χ4n) is 2.76. The molecule has 0 saturated heterocycles. The molecule has 0 aliphatic rings. The highest BCUT2D eigenvalue weighted by Crippen LogP contribution is 2.04. The van der Waals surface area contributed by atoms with Gasteiger partial charge in [-0.05, 0) is 12.8 Å². The maximum atomic E-state index is 12.2. The van der Waals surface area contributed by atoms with Crippen molar-refractivity contribution in [3.05, 3.63) is 49.1 Å². The lowest BCUT2D eigenvalue weighted by Crippen LogP contribution is -2.41. The number of esters is 1. The molecule has 2 aromatic heterocycles. The van der Waals surface area contributed by atoms with Crippen LogP contribution in [-0.2, 0) is 25.7 Å². The lowest BCUT2D eigenvalue weighted by atomic mass is 10.2. The Kier molecular flexibility index (Phi) is 9.28. The maximum Gasteiger partial charge on any atom is 0.392 e. The third-order valence-corrected chi connectivity index (χ3v) is 4.27. The first kappa shape index (κ1) is 23.7. The van der Waals surface area contributed by atoms with E-state index in [1.165, 1.54) is 18.4 Å². The van der Waals surface area contributed by atoms with Gasteiger partial charge in [-0.1, -0.05) is 0 Å². The summed E-state index contributed by atoms with van der Waals surface area (Å²) in [6, 6.07) is 6.84. The Morgan fingerprint density at radius 3 is 1.90 bits per heavy atom. The zero-order valence-electron chi connectivity index (χ0n) is 17.8. The van der Waals surface area contributed by atoms with Crippen LogP contribution in [0, 0.1) is 0 Å². The maximum absolute atomic E-state index is 12.2. The van der Waals surface area contributed by atoms with Crippen molar-refractivity contribution in [2.45, 2.75) is 46.1 Å². The number of pyridine rings is 2. The number of carbonyl (C=O) groups is 4. The summed E-state index contributed by atoms with van der Waals surface area (Å²) in [6.07, 6.45) is 8.54. The topological polar surface area (TPSA) is 109 Å². The molecule has 2 heterocycles. The molecule has 9 heteroatoms. The number of aromatic nitrogens is 2. The van der Waals surface area contributed by atoms with Crippen molar-refractivity contribution in [2.75, 3.05) is 17.2 Å². The summed E-state index contributed by atoms with van der Waals surface area (Å²) in [4.78, 5) is 46.0. The van der Waals surface area contributed by atoms with Gasteiger partial charge in [0.25, 0.3) is 0 Å². The number of hydrogen-bond acceptors (Lipinski definition) is 5. The van der Waals surface area contributed by atoms with E-state index in [9.17, 15) is 19.2 Å². The van der Waals surface area contributed by atoms with Crippen LogP contribution in [0.25, 0.3) is 0 Å². The molecule has 2 rings (SSSR count). The van der Waals surface area contributed by atoms with Gasteiger partial charge in [-0.25, -0.2) is 9.36 Å². The van der Waals surface area contributed by atoms with Crippen LogP contribution in [0.2, 0.25) is 0 Å². The van der Waals surface area contributed by atoms with Crippen molar-refractivity contribution < 1.29 is 33.0 Å². The Labute approximate surface area is 181 Å². The van der Waals surface area contributed by atoms with Gasteiger partial charge >= 0.3 is 11.9 Å². The number of hydrogen-bond donors (Lipinski definition) is 2. The van der Waals surface area contributed by atoms with Gasteiger partial charge in [0.15, 0.2) is 31.3 Å². The average Bonchev–Trinajstić information content (AvgIpc) is 2.72. The van der Waals surface area contributed by atoms with Gasteiger partial charge < -0.3 is 15.4 Å². The Balaban J connectivity index is 1.60. The molecule has 0 atom stereocenters. The summed E-state index contributed by atoms with van der Waals surface area (Å²) in [7, 11) is 0. The van der Waals surface area contributed by atoms with Crippen molar-refractivity contribution in [1.29, 1.82) is 0 Å². The number of aryl methyl sites for hydroxylation is 1. The molecule has 0 spiro atoms. The standard InChI is InChI=1S/C22H26N4O5/c1-17(27)23-19-6-11-25(12-7-19)13-10-22(30)31-16-4-3-5-21(29)26-14-8-20(9-15-26)24-18(2)28/h6-9,11-12,14-15H,3-5,10,13,16H2,1-2H3/p+2. The largest absolute Gasteiger partial charge is 0.465 e. The van der Waals surface area contributed by atoms with Crippen molar-refractivity contribution in [1.82, 2.24) is 0 Å². The number of nitrogens with one attached hydrogen (secondary N) is 2. The Morgan fingerprint density at radius 2 is 1.35 bits per heavy atom. The second-order valence-electron chi connectivity index (χ2n) is 7.00. The minimum absolute atomic E-state index is 0.0696.